The van der Waals surface area contributed by atoms with Gasteiger partial charge in [-0.2, -0.15) is 4.98 Å². The quantitative estimate of drug-likeness (QED) is 0.862. The molecule has 0 saturated heterocycles. The molecule has 3 rings (SSSR count). The van der Waals surface area contributed by atoms with E-state index in [1.54, 1.807) is 0 Å². The van der Waals surface area contributed by atoms with Crippen LogP contribution in [-0.2, 0) is 0 Å². The van der Waals surface area contributed by atoms with E-state index in [1.165, 1.54) is 19.3 Å². The standard InChI is InChI=1S/C14H17N3O2/c18-9-8-15-12-6-4-11(5-7-12)14-16-13(17-19-14)10-2-1-3-10/h4-7,10,15,18H,1-3,8-9H2. The van der Waals surface area contributed by atoms with Gasteiger partial charge in [0, 0.05) is 23.7 Å². The lowest BCUT2D eigenvalue weighted by atomic mass is 9.85. The molecule has 1 aromatic carbocycles. The fourth-order valence-corrected chi connectivity index (χ4v) is 2.12. The first kappa shape index (κ1) is 12.2. The second-order valence-corrected chi connectivity index (χ2v) is 4.81. The average molecular weight is 259 g/mol. The van der Waals surface area contributed by atoms with Crippen molar-refractivity contribution < 1.29 is 9.63 Å². The van der Waals surface area contributed by atoms with Crippen LogP contribution in [0.3, 0.4) is 0 Å². The molecule has 5 nitrogen and oxygen atoms in total. The zero-order valence-corrected chi connectivity index (χ0v) is 10.7. The van der Waals surface area contributed by atoms with Crippen molar-refractivity contribution in [3.05, 3.63) is 30.1 Å². The summed E-state index contributed by atoms with van der Waals surface area (Å²) >= 11 is 0. The van der Waals surface area contributed by atoms with E-state index in [-0.39, 0.29) is 6.61 Å². The van der Waals surface area contributed by atoms with Crippen LogP contribution < -0.4 is 5.32 Å². The molecular weight excluding hydrogens is 242 g/mol. The highest BCUT2D eigenvalue weighted by Crippen LogP contribution is 2.35. The van der Waals surface area contributed by atoms with E-state index in [0.717, 1.165) is 17.1 Å². The Labute approximate surface area is 111 Å². The van der Waals surface area contributed by atoms with Gasteiger partial charge in [0.05, 0.1) is 6.61 Å². The second-order valence-electron chi connectivity index (χ2n) is 4.81. The first-order chi connectivity index (χ1) is 9.36. The van der Waals surface area contributed by atoms with Crippen LogP contribution in [0.1, 0.15) is 31.0 Å². The molecule has 0 aliphatic heterocycles. The molecule has 1 heterocycles. The molecule has 0 atom stereocenters. The van der Waals surface area contributed by atoms with E-state index in [9.17, 15) is 0 Å². The first-order valence-electron chi connectivity index (χ1n) is 6.65. The van der Waals surface area contributed by atoms with Gasteiger partial charge < -0.3 is 14.9 Å². The molecule has 19 heavy (non-hydrogen) atoms. The minimum atomic E-state index is 0.121. The van der Waals surface area contributed by atoms with Crippen LogP contribution in [0, 0.1) is 0 Å². The van der Waals surface area contributed by atoms with Gasteiger partial charge in [-0.3, -0.25) is 0 Å². The van der Waals surface area contributed by atoms with Crippen molar-refractivity contribution in [1.29, 1.82) is 0 Å². The lowest BCUT2D eigenvalue weighted by Gasteiger charge is -2.20. The highest BCUT2D eigenvalue weighted by Gasteiger charge is 2.24. The van der Waals surface area contributed by atoms with Crippen molar-refractivity contribution in [3.63, 3.8) is 0 Å². The van der Waals surface area contributed by atoms with Crippen LogP contribution in [0.25, 0.3) is 11.5 Å². The van der Waals surface area contributed by atoms with Crippen molar-refractivity contribution in [2.45, 2.75) is 25.2 Å². The fourth-order valence-electron chi connectivity index (χ4n) is 2.12. The van der Waals surface area contributed by atoms with E-state index < -0.39 is 0 Å². The predicted molar refractivity (Wildman–Crippen MR) is 71.9 cm³/mol. The summed E-state index contributed by atoms with van der Waals surface area (Å²) in [4.78, 5) is 4.46. The predicted octanol–water partition coefficient (Wildman–Crippen LogP) is 2.41. The smallest absolute Gasteiger partial charge is 0.257 e. The summed E-state index contributed by atoms with van der Waals surface area (Å²) in [6, 6.07) is 7.77. The van der Waals surface area contributed by atoms with Gasteiger partial charge in [-0.05, 0) is 37.1 Å². The Morgan fingerprint density at radius 2 is 2.05 bits per heavy atom. The van der Waals surface area contributed by atoms with E-state index in [0.29, 0.717) is 18.4 Å². The average Bonchev–Trinajstić information content (AvgIpc) is 2.84. The minimum Gasteiger partial charge on any atom is -0.395 e. The normalized spacial score (nSPS) is 15.2. The maximum absolute atomic E-state index is 8.75. The molecule has 0 radical (unpaired) electrons. The van der Waals surface area contributed by atoms with E-state index in [4.69, 9.17) is 9.63 Å². The SMILES string of the molecule is OCCNc1ccc(-c2nc(C3CCC3)no2)cc1. The summed E-state index contributed by atoms with van der Waals surface area (Å²) in [5.41, 5.74) is 1.89. The maximum atomic E-state index is 8.75. The number of nitrogens with one attached hydrogen (secondary N) is 1. The molecule has 1 fully saturated rings. The van der Waals surface area contributed by atoms with Crippen molar-refractivity contribution in [2.24, 2.45) is 0 Å². The Kier molecular flexibility index (Phi) is 3.46. The molecule has 1 aliphatic carbocycles. The van der Waals surface area contributed by atoms with Crippen molar-refractivity contribution in [1.82, 2.24) is 10.1 Å². The summed E-state index contributed by atoms with van der Waals surface area (Å²) in [6.07, 6.45) is 3.60. The molecular formula is C14H17N3O2. The Morgan fingerprint density at radius 3 is 2.68 bits per heavy atom. The van der Waals surface area contributed by atoms with Crippen molar-refractivity contribution in [3.8, 4) is 11.5 Å². The molecule has 2 N–H and O–H groups in total. The highest BCUT2D eigenvalue weighted by molar-refractivity contribution is 5.58. The van der Waals surface area contributed by atoms with Crippen LogP contribution >= 0.6 is 0 Å². The number of aliphatic hydroxyl groups excluding tert-OH is 1. The van der Waals surface area contributed by atoms with Gasteiger partial charge in [0.25, 0.3) is 5.89 Å². The van der Waals surface area contributed by atoms with Gasteiger partial charge in [0.2, 0.25) is 0 Å². The van der Waals surface area contributed by atoms with Crippen LogP contribution in [0.4, 0.5) is 5.69 Å². The number of hydrogen-bond donors (Lipinski definition) is 2. The molecule has 2 aromatic rings. The highest BCUT2D eigenvalue weighted by atomic mass is 16.5. The van der Waals surface area contributed by atoms with E-state index in [1.807, 2.05) is 24.3 Å². The Morgan fingerprint density at radius 1 is 1.26 bits per heavy atom. The molecule has 5 heteroatoms. The van der Waals surface area contributed by atoms with Crippen LogP contribution in [0.2, 0.25) is 0 Å². The van der Waals surface area contributed by atoms with Crippen molar-refractivity contribution in [2.75, 3.05) is 18.5 Å². The largest absolute Gasteiger partial charge is 0.395 e. The minimum absolute atomic E-state index is 0.121. The number of rotatable bonds is 5. The lowest BCUT2D eigenvalue weighted by Crippen LogP contribution is -2.10. The topological polar surface area (TPSA) is 71.2 Å². The van der Waals surface area contributed by atoms with Gasteiger partial charge in [0.1, 0.15) is 0 Å². The number of aliphatic hydroxyl groups is 1. The monoisotopic (exact) mass is 259 g/mol. The van der Waals surface area contributed by atoms with Gasteiger partial charge in [-0.25, -0.2) is 0 Å². The summed E-state index contributed by atoms with van der Waals surface area (Å²) < 4.78 is 5.31. The molecule has 1 saturated carbocycles. The van der Waals surface area contributed by atoms with Crippen LogP contribution in [0.15, 0.2) is 28.8 Å². The lowest BCUT2D eigenvalue weighted by molar-refractivity contribution is 0.311. The third-order valence-corrected chi connectivity index (χ3v) is 3.48. The van der Waals surface area contributed by atoms with Gasteiger partial charge >= 0.3 is 0 Å². The zero-order valence-electron chi connectivity index (χ0n) is 10.7. The fraction of sp³-hybridized carbons (Fsp3) is 0.429. The maximum Gasteiger partial charge on any atom is 0.257 e. The van der Waals surface area contributed by atoms with Gasteiger partial charge in [-0.15, -0.1) is 0 Å². The Hall–Kier alpha value is -1.88. The first-order valence-corrected chi connectivity index (χ1v) is 6.65. The molecule has 1 aromatic heterocycles. The molecule has 100 valence electrons. The number of hydrogen-bond acceptors (Lipinski definition) is 5. The summed E-state index contributed by atoms with van der Waals surface area (Å²) in [7, 11) is 0. The van der Waals surface area contributed by atoms with Crippen LogP contribution in [0.5, 0.6) is 0 Å². The number of aromatic nitrogens is 2. The molecule has 0 unspecified atom stereocenters. The number of anilines is 1. The molecule has 1 aliphatic rings. The summed E-state index contributed by atoms with van der Waals surface area (Å²) in [5, 5.41) is 15.9. The molecule has 0 spiro atoms. The second kappa shape index (κ2) is 5.40. The molecule has 0 bridgehead atoms. The zero-order chi connectivity index (χ0) is 13.1. The van der Waals surface area contributed by atoms with Gasteiger partial charge in [-0.1, -0.05) is 11.6 Å². The van der Waals surface area contributed by atoms with E-state index in [2.05, 4.69) is 15.5 Å². The van der Waals surface area contributed by atoms with Crippen LogP contribution in [-0.4, -0.2) is 28.4 Å². The molecule has 0 amide bonds. The number of benzene rings is 1. The van der Waals surface area contributed by atoms with E-state index >= 15 is 0 Å². The Bertz CT molecular complexity index is 532. The third-order valence-electron chi connectivity index (χ3n) is 3.48. The van der Waals surface area contributed by atoms with Gasteiger partial charge in [0.15, 0.2) is 5.82 Å². The summed E-state index contributed by atoms with van der Waals surface area (Å²) in [5.74, 6) is 1.90. The number of nitrogens with zero attached hydrogens (tertiary/aromatic N) is 2. The third kappa shape index (κ3) is 2.61. The van der Waals surface area contributed by atoms with Crippen molar-refractivity contribution >= 4 is 5.69 Å². The summed E-state index contributed by atoms with van der Waals surface area (Å²) in [6.45, 7) is 0.669. The Balaban J connectivity index is 1.72.